The second-order valence-corrected chi connectivity index (χ2v) is 9.34. The molecule has 3 heterocycles. The van der Waals surface area contributed by atoms with Crippen molar-refractivity contribution in [3.8, 4) is 0 Å². The summed E-state index contributed by atoms with van der Waals surface area (Å²) in [6, 6.07) is 15.7. The van der Waals surface area contributed by atoms with E-state index < -0.39 is 0 Å². The first-order valence-electron chi connectivity index (χ1n) is 11.5. The third kappa shape index (κ3) is 3.92. The van der Waals surface area contributed by atoms with Gasteiger partial charge in [-0.05, 0) is 73.0 Å². The molecule has 2 aromatic carbocycles. The van der Waals surface area contributed by atoms with Gasteiger partial charge in [0, 0.05) is 44.1 Å². The summed E-state index contributed by atoms with van der Waals surface area (Å²) in [7, 11) is 2.20. The van der Waals surface area contributed by atoms with Crippen LogP contribution in [0.15, 0.2) is 54.7 Å². The van der Waals surface area contributed by atoms with Crippen molar-refractivity contribution in [2.45, 2.75) is 38.3 Å². The summed E-state index contributed by atoms with van der Waals surface area (Å²) in [5.41, 5.74) is 5.65. The number of anilines is 1. The van der Waals surface area contributed by atoms with Crippen LogP contribution >= 0.6 is 0 Å². The fourth-order valence-electron chi connectivity index (χ4n) is 4.86. The van der Waals surface area contributed by atoms with E-state index in [1.807, 2.05) is 6.20 Å². The van der Waals surface area contributed by atoms with Gasteiger partial charge in [0.2, 0.25) is 0 Å². The molecule has 1 aliphatic carbocycles. The number of nitrogens with one attached hydrogen (secondary N) is 1. The Morgan fingerprint density at radius 1 is 1.13 bits per heavy atom. The van der Waals surface area contributed by atoms with Gasteiger partial charge in [0.05, 0.1) is 0 Å². The highest BCUT2D eigenvalue weighted by Crippen LogP contribution is 2.46. The number of likely N-dealkylation sites (N-methyl/N-ethyl adjacent to an activating group) is 1. The Morgan fingerprint density at radius 3 is 3.00 bits per heavy atom. The van der Waals surface area contributed by atoms with E-state index in [0.29, 0.717) is 12.0 Å². The van der Waals surface area contributed by atoms with Crippen LogP contribution in [-0.2, 0) is 24.1 Å². The average Bonchev–Trinajstić information content (AvgIpc) is 3.41. The molecule has 0 radical (unpaired) electrons. The molecular weight excluding hydrogens is 382 g/mol. The molecule has 1 saturated carbocycles. The number of pyridine rings is 1. The highest BCUT2D eigenvalue weighted by molar-refractivity contribution is 5.87. The van der Waals surface area contributed by atoms with Crippen molar-refractivity contribution >= 4 is 22.3 Å². The van der Waals surface area contributed by atoms with Gasteiger partial charge in [0.15, 0.2) is 0 Å². The molecule has 2 aliphatic heterocycles. The zero-order chi connectivity index (χ0) is 20.8. The number of fused-ring (bicyclic) bond motifs is 3. The van der Waals surface area contributed by atoms with E-state index in [0.717, 1.165) is 49.4 Å². The fourth-order valence-corrected chi connectivity index (χ4v) is 4.86. The minimum absolute atomic E-state index is 0. The molecule has 3 aromatic rings. The number of nitrogens with zero attached hydrogens (tertiary/aromatic N) is 2. The molecule has 31 heavy (non-hydrogen) atoms. The Labute approximate surface area is 185 Å². The molecule has 6 rings (SSSR count). The molecule has 2 atom stereocenters. The Balaban J connectivity index is 0.00000216. The monoisotopic (exact) mass is 413 g/mol. The second-order valence-electron chi connectivity index (χ2n) is 9.34. The van der Waals surface area contributed by atoms with E-state index in [9.17, 15) is 0 Å². The molecule has 0 spiro atoms. The number of aromatic nitrogens is 1. The molecule has 0 amide bonds. The van der Waals surface area contributed by atoms with E-state index in [1.54, 1.807) is 0 Å². The maximum atomic E-state index is 5.99. The highest BCUT2D eigenvalue weighted by Gasteiger charge is 2.43. The van der Waals surface area contributed by atoms with Crippen molar-refractivity contribution in [3.63, 3.8) is 0 Å². The highest BCUT2D eigenvalue weighted by atomic mass is 16.5. The van der Waals surface area contributed by atoms with Gasteiger partial charge in [0.25, 0.3) is 0 Å². The first-order chi connectivity index (χ1) is 15.2. The predicted octanol–water partition coefficient (Wildman–Crippen LogP) is 5.27. The average molecular weight is 414 g/mol. The molecule has 160 valence electrons. The van der Waals surface area contributed by atoms with Crippen LogP contribution in [0.25, 0.3) is 16.5 Å². The number of hydrogen-bond acceptors (Lipinski definition) is 4. The van der Waals surface area contributed by atoms with Gasteiger partial charge < -0.3 is 15.0 Å². The van der Waals surface area contributed by atoms with Gasteiger partial charge in [-0.3, -0.25) is 0 Å². The molecule has 2 unspecified atom stereocenters. The van der Waals surface area contributed by atoms with E-state index in [1.165, 1.54) is 40.5 Å². The van der Waals surface area contributed by atoms with Crippen LogP contribution in [0.1, 0.15) is 36.5 Å². The SMILES string of the molecule is CN1CCc2cc(CCCNc3cc4cc(C5=CC6CC6O5)ccc4cn3)ccc2C1.[HH]. The van der Waals surface area contributed by atoms with Crippen LogP contribution in [0.4, 0.5) is 5.82 Å². The number of hydrogen-bond donors (Lipinski definition) is 1. The zero-order valence-corrected chi connectivity index (χ0v) is 18.1. The van der Waals surface area contributed by atoms with Gasteiger partial charge in [0.1, 0.15) is 17.7 Å². The summed E-state index contributed by atoms with van der Waals surface area (Å²) < 4.78 is 5.99. The summed E-state index contributed by atoms with van der Waals surface area (Å²) in [6.07, 6.45) is 9.25. The molecule has 1 aromatic heterocycles. The van der Waals surface area contributed by atoms with Gasteiger partial charge in [-0.15, -0.1) is 0 Å². The van der Waals surface area contributed by atoms with Crippen LogP contribution in [-0.4, -0.2) is 36.1 Å². The van der Waals surface area contributed by atoms with E-state index in [-0.39, 0.29) is 1.43 Å². The number of rotatable bonds is 6. The summed E-state index contributed by atoms with van der Waals surface area (Å²) in [6.45, 7) is 3.17. The van der Waals surface area contributed by atoms with Gasteiger partial charge >= 0.3 is 0 Å². The molecule has 4 nitrogen and oxygen atoms in total. The normalized spacial score (nSPS) is 21.9. The zero-order valence-electron chi connectivity index (χ0n) is 18.1. The van der Waals surface area contributed by atoms with Crippen LogP contribution < -0.4 is 5.32 Å². The van der Waals surface area contributed by atoms with Gasteiger partial charge in [-0.25, -0.2) is 4.98 Å². The quantitative estimate of drug-likeness (QED) is 0.559. The summed E-state index contributed by atoms with van der Waals surface area (Å²) >= 11 is 0. The third-order valence-electron chi connectivity index (χ3n) is 6.85. The van der Waals surface area contributed by atoms with Crippen molar-refractivity contribution in [2.24, 2.45) is 5.92 Å². The Morgan fingerprint density at radius 2 is 2.10 bits per heavy atom. The molecular formula is C27H31N3O. The van der Waals surface area contributed by atoms with Crippen molar-refractivity contribution in [1.82, 2.24) is 9.88 Å². The summed E-state index contributed by atoms with van der Waals surface area (Å²) in [4.78, 5) is 7.00. The lowest BCUT2D eigenvalue weighted by molar-refractivity contribution is 0.269. The Kier molecular flexibility index (Phi) is 4.68. The minimum Gasteiger partial charge on any atom is -0.489 e. The lowest BCUT2D eigenvalue weighted by Crippen LogP contribution is -2.26. The van der Waals surface area contributed by atoms with Crippen LogP contribution in [0.5, 0.6) is 0 Å². The molecule has 1 N–H and O–H groups in total. The van der Waals surface area contributed by atoms with Gasteiger partial charge in [-0.1, -0.05) is 30.3 Å². The van der Waals surface area contributed by atoms with Crippen molar-refractivity contribution < 1.29 is 6.16 Å². The summed E-state index contributed by atoms with van der Waals surface area (Å²) in [5.74, 6) is 2.64. The number of ether oxygens (including phenoxy) is 1. The lowest BCUT2D eigenvalue weighted by atomic mass is 9.96. The van der Waals surface area contributed by atoms with Gasteiger partial charge in [-0.2, -0.15) is 0 Å². The molecule has 0 saturated heterocycles. The first kappa shape index (κ1) is 18.9. The number of aryl methyl sites for hydroxylation is 1. The molecule has 4 heteroatoms. The van der Waals surface area contributed by atoms with Crippen LogP contribution in [0.3, 0.4) is 0 Å². The van der Waals surface area contributed by atoms with Crippen molar-refractivity contribution in [3.05, 3.63) is 77.0 Å². The molecule has 1 fully saturated rings. The topological polar surface area (TPSA) is 37.4 Å². The Hall–Kier alpha value is -2.85. The van der Waals surface area contributed by atoms with E-state index in [4.69, 9.17) is 4.74 Å². The minimum atomic E-state index is 0. The fraction of sp³-hybridized carbons (Fsp3) is 0.370. The smallest absolute Gasteiger partial charge is 0.126 e. The van der Waals surface area contributed by atoms with E-state index >= 15 is 0 Å². The van der Waals surface area contributed by atoms with Crippen molar-refractivity contribution in [2.75, 3.05) is 25.5 Å². The van der Waals surface area contributed by atoms with Crippen LogP contribution in [0.2, 0.25) is 0 Å². The third-order valence-corrected chi connectivity index (χ3v) is 6.85. The number of benzene rings is 2. The largest absolute Gasteiger partial charge is 0.489 e. The summed E-state index contributed by atoms with van der Waals surface area (Å²) in [5, 5.41) is 5.89. The van der Waals surface area contributed by atoms with Crippen molar-refractivity contribution in [1.29, 1.82) is 0 Å². The maximum Gasteiger partial charge on any atom is 0.126 e. The Bertz CT molecular complexity index is 1170. The van der Waals surface area contributed by atoms with E-state index in [2.05, 4.69) is 70.8 Å². The molecule has 3 aliphatic rings. The lowest BCUT2D eigenvalue weighted by Gasteiger charge is -2.25. The molecule has 0 bridgehead atoms. The first-order valence-corrected chi connectivity index (χ1v) is 11.5. The maximum absolute atomic E-state index is 5.99. The predicted molar refractivity (Wildman–Crippen MR) is 128 cm³/mol. The standard InChI is InChI=1S/C27H29N3O.H2/c1-30-10-8-19-11-18(4-5-22(19)17-30)3-2-9-28-27-15-23-12-20(6-7-21(23)16-29-27)25-13-24-14-26(24)31-25;/h4-7,11-13,15-16,24,26H,2-3,8-10,14,17H2,1H3,(H,28,29);1H. The van der Waals surface area contributed by atoms with Crippen LogP contribution in [0, 0.1) is 5.92 Å². The second kappa shape index (κ2) is 7.69.